The van der Waals surface area contributed by atoms with E-state index >= 15 is 0 Å². The van der Waals surface area contributed by atoms with Crippen molar-refractivity contribution in [2.45, 2.75) is 116 Å². The Labute approximate surface area is 163 Å². The number of rotatable bonds is 21. The van der Waals surface area contributed by atoms with E-state index < -0.39 is 0 Å². The van der Waals surface area contributed by atoms with Gasteiger partial charge in [-0.3, -0.25) is 0 Å². The molecule has 0 radical (unpaired) electrons. The molecule has 0 aliphatic rings. The molecule has 26 heavy (non-hydrogen) atoms. The molecule has 0 aromatic heterocycles. The molecule has 0 aromatic carbocycles. The monoisotopic (exact) mass is 369 g/mol. The van der Waals surface area contributed by atoms with E-state index in [4.69, 9.17) is 10.2 Å². The molecule has 0 bridgehead atoms. The highest BCUT2D eigenvalue weighted by molar-refractivity contribution is 4.81. The van der Waals surface area contributed by atoms with Gasteiger partial charge in [0.25, 0.3) is 0 Å². The lowest BCUT2D eigenvalue weighted by molar-refractivity contribution is 0.227. The minimum atomic E-state index is 0.199. The molecule has 0 saturated carbocycles. The fourth-order valence-electron chi connectivity index (χ4n) is 3.34. The number of hydrogen-bond donors (Lipinski definition) is 3. The summed E-state index contributed by atoms with van der Waals surface area (Å²) in [4.78, 5) is 0. The minimum absolute atomic E-state index is 0.199. The molecule has 0 aliphatic heterocycles. The van der Waals surface area contributed by atoms with Gasteiger partial charge in [-0.05, 0) is 51.5 Å². The zero-order valence-corrected chi connectivity index (χ0v) is 17.6. The highest BCUT2D eigenvalue weighted by atomic mass is 16.3. The van der Waals surface area contributed by atoms with Crippen LogP contribution in [0.2, 0.25) is 0 Å². The quantitative estimate of drug-likeness (QED) is 0.178. The van der Waals surface area contributed by atoms with Crippen molar-refractivity contribution in [1.29, 1.82) is 0 Å². The Morgan fingerprint density at radius 2 is 1.12 bits per heavy atom. The average molecular weight is 370 g/mol. The number of hydrogen-bond acceptors (Lipinski definition) is 3. The first kappa shape index (κ1) is 25.6. The van der Waals surface area contributed by atoms with Crippen LogP contribution in [0.15, 0.2) is 12.2 Å². The Hall–Kier alpha value is -0.380. The van der Waals surface area contributed by atoms with Gasteiger partial charge in [0.15, 0.2) is 0 Å². The molecule has 0 aliphatic carbocycles. The smallest absolute Gasteiger partial charge is 0.0445 e. The minimum Gasteiger partial charge on any atom is -0.396 e. The molecule has 0 aromatic rings. The maximum absolute atomic E-state index is 8.98. The van der Waals surface area contributed by atoms with Gasteiger partial charge >= 0.3 is 0 Å². The Morgan fingerprint density at radius 1 is 0.654 bits per heavy atom. The molecular formula is C23H47NO2. The first-order valence-electron chi connectivity index (χ1n) is 11.4. The van der Waals surface area contributed by atoms with Crippen LogP contribution in [0.1, 0.15) is 110 Å². The van der Waals surface area contributed by atoms with E-state index in [2.05, 4.69) is 24.4 Å². The molecule has 3 heteroatoms. The second-order valence-corrected chi connectivity index (χ2v) is 7.61. The van der Waals surface area contributed by atoms with Gasteiger partial charge in [-0.2, -0.15) is 0 Å². The van der Waals surface area contributed by atoms with Crippen molar-refractivity contribution < 1.29 is 10.2 Å². The summed E-state index contributed by atoms with van der Waals surface area (Å²) in [5.41, 5.74) is 0. The Kier molecular flexibility index (Phi) is 22.3. The molecule has 0 amide bonds. The summed E-state index contributed by atoms with van der Waals surface area (Å²) >= 11 is 0. The largest absolute Gasteiger partial charge is 0.396 e. The zero-order valence-electron chi connectivity index (χ0n) is 17.6. The van der Waals surface area contributed by atoms with Crippen LogP contribution in [0.3, 0.4) is 0 Å². The molecule has 3 N–H and O–H groups in total. The van der Waals surface area contributed by atoms with Gasteiger partial charge in [-0.25, -0.2) is 0 Å². The first-order chi connectivity index (χ1) is 12.8. The van der Waals surface area contributed by atoms with Crippen LogP contribution in [-0.2, 0) is 0 Å². The van der Waals surface area contributed by atoms with Crippen molar-refractivity contribution >= 4 is 0 Å². The Morgan fingerprint density at radius 3 is 1.62 bits per heavy atom. The predicted molar refractivity (Wildman–Crippen MR) is 115 cm³/mol. The number of nitrogens with one attached hydrogen (secondary N) is 1. The van der Waals surface area contributed by atoms with Gasteiger partial charge in [0.05, 0.1) is 0 Å². The SMILES string of the molecule is CCCCCCCCC=CCCCCCCCCNC(CCO)CCO. The number of unbranched alkanes of at least 4 members (excludes halogenated alkanes) is 12. The number of allylic oxidation sites excluding steroid dienone is 2. The van der Waals surface area contributed by atoms with Crippen LogP contribution < -0.4 is 5.32 Å². The Balaban J connectivity index is 3.22. The van der Waals surface area contributed by atoms with Crippen molar-refractivity contribution in [3.8, 4) is 0 Å². The third kappa shape index (κ3) is 19.9. The molecule has 0 spiro atoms. The van der Waals surface area contributed by atoms with Gasteiger partial charge in [-0.15, -0.1) is 0 Å². The number of aliphatic hydroxyl groups excluding tert-OH is 2. The van der Waals surface area contributed by atoms with Gasteiger partial charge in [0.2, 0.25) is 0 Å². The molecule has 0 unspecified atom stereocenters. The van der Waals surface area contributed by atoms with Crippen LogP contribution in [0.5, 0.6) is 0 Å². The third-order valence-corrected chi connectivity index (χ3v) is 5.08. The van der Waals surface area contributed by atoms with Crippen molar-refractivity contribution in [3.63, 3.8) is 0 Å². The molecule has 0 atom stereocenters. The molecule has 3 nitrogen and oxygen atoms in total. The first-order valence-corrected chi connectivity index (χ1v) is 11.4. The fourth-order valence-corrected chi connectivity index (χ4v) is 3.34. The molecule has 0 rings (SSSR count). The highest BCUT2D eigenvalue weighted by Gasteiger charge is 2.05. The van der Waals surface area contributed by atoms with Crippen LogP contribution in [0.4, 0.5) is 0 Å². The summed E-state index contributed by atoms with van der Waals surface area (Å²) < 4.78 is 0. The lowest BCUT2D eigenvalue weighted by Gasteiger charge is -2.16. The molecule has 0 fully saturated rings. The second kappa shape index (κ2) is 22.7. The van der Waals surface area contributed by atoms with Crippen LogP contribution >= 0.6 is 0 Å². The maximum Gasteiger partial charge on any atom is 0.0445 e. The van der Waals surface area contributed by atoms with Crippen molar-refractivity contribution in [1.82, 2.24) is 5.32 Å². The van der Waals surface area contributed by atoms with E-state index in [1.165, 1.54) is 89.9 Å². The van der Waals surface area contributed by atoms with E-state index in [1.807, 2.05) is 0 Å². The summed E-state index contributed by atoms with van der Waals surface area (Å²) in [6.45, 7) is 3.68. The van der Waals surface area contributed by atoms with Crippen LogP contribution in [0, 0.1) is 0 Å². The van der Waals surface area contributed by atoms with Crippen LogP contribution in [-0.4, -0.2) is 36.0 Å². The lowest BCUT2D eigenvalue weighted by atomic mass is 10.1. The molecule has 0 heterocycles. The maximum atomic E-state index is 8.98. The Bertz CT molecular complexity index is 275. The summed E-state index contributed by atoms with van der Waals surface area (Å²) in [5.74, 6) is 0. The van der Waals surface area contributed by atoms with Gasteiger partial charge in [0.1, 0.15) is 0 Å². The predicted octanol–water partition coefficient (Wildman–Crippen LogP) is 5.75. The average Bonchev–Trinajstić information content (AvgIpc) is 2.64. The summed E-state index contributed by atoms with van der Waals surface area (Å²) in [5, 5.41) is 21.4. The lowest BCUT2D eigenvalue weighted by Crippen LogP contribution is -2.31. The van der Waals surface area contributed by atoms with Gasteiger partial charge in [-0.1, -0.05) is 76.9 Å². The van der Waals surface area contributed by atoms with Crippen molar-refractivity contribution in [3.05, 3.63) is 12.2 Å². The molecule has 156 valence electrons. The van der Waals surface area contributed by atoms with E-state index in [9.17, 15) is 0 Å². The van der Waals surface area contributed by atoms with E-state index in [0.717, 1.165) is 19.4 Å². The van der Waals surface area contributed by atoms with Crippen molar-refractivity contribution in [2.75, 3.05) is 19.8 Å². The van der Waals surface area contributed by atoms with Crippen molar-refractivity contribution in [2.24, 2.45) is 0 Å². The van der Waals surface area contributed by atoms with E-state index in [1.54, 1.807) is 0 Å². The standard InChI is InChI=1S/C23H47NO2/c1-2-3-4-5-6-7-8-9-10-11-12-13-14-15-16-17-20-24-23(18-21-25)19-22-26/h9-10,23-26H,2-8,11-22H2,1H3. The van der Waals surface area contributed by atoms with Gasteiger partial charge in [0, 0.05) is 19.3 Å². The van der Waals surface area contributed by atoms with Gasteiger partial charge < -0.3 is 15.5 Å². The van der Waals surface area contributed by atoms with E-state index in [0.29, 0.717) is 0 Å². The molecular weight excluding hydrogens is 322 g/mol. The molecule has 0 saturated heterocycles. The highest BCUT2D eigenvalue weighted by Crippen LogP contribution is 2.10. The summed E-state index contributed by atoms with van der Waals surface area (Å²) in [7, 11) is 0. The van der Waals surface area contributed by atoms with E-state index in [-0.39, 0.29) is 19.3 Å². The zero-order chi connectivity index (χ0) is 19.1. The second-order valence-electron chi connectivity index (χ2n) is 7.61. The van der Waals surface area contributed by atoms with Crippen LogP contribution in [0.25, 0.3) is 0 Å². The summed E-state index contributed by atoms with van der Waals surface area (Å²) in [6, 6.07) is 0.271. The normalized spacial score (nSPS) is 11.8. The number of aliphatic hydroxyl groups is 2. The summed E-state index contributed by atoms with van der Waals surface area (Å²) in [6.07, 6.45) is 25.0. The fraction of sp³-hybridized carbons (Fsp3) is 0.913. The topological polar surface area (TPSA) is 52.5 Å². The third-order valence-electron chi connectivity index (χ3n) is 5.08.